The molecule has 0 rings (SSSR count). The summed E-state index contributed by atoms with van der Waals surface area (Å²) in [6.07, 6.45) is 2.60. The fraction of sp³-hybridized carbons (Fsp3) is 0.909. The Morgan fingerprint density at radius 3 is 2.53 bits per heavy atom. The molecule has 0 saturated carbocycles. The highest BCUT2D eigenvalue weighted by atomic mass is 16.5. The number of rotatable bonds is 9. The molecule has 0 heterocycles. The molecule has 0 aliphatic carbocycles. The first-order chi connectivity index (χ1) is 7.07. The minimum absolute atomic E-state index is 0.401. The molecule has 0 saturated heterocycles. The van der Waals surface area contributed by atoms with Gasteiger partial charge >= 0.3 is 5.97 Å². The highest BCUT2D eigenvalue weighted by Gasteiger charge is 2.17. The van der Waals surface area contributed by atoms with E-state index >= 15 is 0 Å². The van der Waals surface area contributed by atoms with Crippen molar-refractivity contribution in [1.29, 1.82) is 0 Å². The number of aliphatic carboxylic acids is 1. The second kappa shape index (κ2) is 8.68. The van der Waals surface area contributed by atoms with E-state index in [4.69, 9.17) is 9.84 Å². The van der Waals surface area contributed by atoms with Crippen molar-refractivity contribution in [2.45, 2.75) is 39.2 Å². The van der Waals surface area contributed by atoms with Gasteiger partial charge in [-0.05, 0) is 31.7 Å². The van der Waals surface area contributed by atoms with Gasteiger partial charge in [0.05, 0.1) is 0 Å². The largest absolute Gasteiger partial charge is 0.480 e. The van der Waals surface area contributed by atoms with E-state index in [2.05, 4.69) is 5.32 Å². The lowest BCUT2D eigenvalue weighted by atomic mass is 10.0. The number of carboxylic acids is 1. The quantitative estimate of drug-likeness (QED) is 0.575. The van der Waals surface area contributed by atoms with Gasteiger partial charge < -0.3 is 15.2 Å². The Morgan fingerprint density at radius 1 is 1.40 bits per heavy atom. The van der Waals surface area contributed by atoms with E-state index in [1.165, 1.54) is 0 Å². The summed E-state index contributed by atoms with van der Waals surface area (Å²) in [6.45, 7) is 5.54. The van der Waals surface area contributed by atoms with Gasteiger partial charge in [-0.1, -0.05) is 13.8 Å². The van der Waals surface area contributed by atoms with Gasteiger partial charge in [-0.25, -0.2) is 0 Å². The first-order valence-electron chi connectivity index (χ1n) is 5.53. The molecule has 0 fully saturated rings. The monoisotopic (exact) mass is 217 g/mol. The standard InChI is InChI=1S/C11H23NO3/c1-9(2)8-10(11(13)14)12-6-4-5-7-15-3/h9-10,12H,4-8H2,1-3H3,(H,13,14). The maximum absolute atomic E-state index is 10.9. The summed E-state index contributed by atoms with van der Waals surface area (Å²) in [4.78, 5) is 10.9. The summed E-state index contributed by atoms with van der Waals surface area (Å²) in [5.74, 6) is -0.354. The molecule has 0 bridgehead atoms. The molecule has 0 aliphatic rings. The first-order valence-corrected chi connectivity index (χ1v) is 5.53. The highest BCUT2D eigenvalue weighted by molar-refractivity contribution is 5.73. The van der Waals surface area contributed by atoms with Crippen LogP contribution in [0.25, 0.3) is 0 Å². The average Bonchev–Trinajstić information content (AvgIpc) is 2.15. The maximum Gasteiger partial charge on any atom is 0.320 e. The molecule has 1 unspecified atom stereocenters. The second-order valence-corrected chi connectivity index (χ2v) is 4.17. The van der Waals surface area contributed by atoms with Crippen LogP contribution >= 0.6 is 0 Å². The van der Waals surface area contributed by atoms with Crippen molar-refractivity contribution in [2.24, 2.45) is 5.92 Å². The Morgan fingerprint density at radius 2 is 2.07 bits per heavy atom. The summed E-state index contributed by atoms with van der Waals surface area (Å²) in [7, 11) is 1.67. The van der Waals surface area contributed by atoms with E-state index in [1.807, 2.05) is 13.8 Å². The Labute approximate surface area is 92.0 Å². The predicted molar refractivity (Wildman–Crippen MR) is 60.0 cm³/mol. The topological polar surface area (TPSA) is 58.6 Å². The van der Waals surface area contributed by atoms with Crippen molar-refractivity contribution in [2.75, 3.05) is 20.3 Å². The van der Waals surface area contributed by atoms with Crippen molar-refractivity contribution in [3.8, 4) is 0 Å². The molecule has 0 aliphatic heterocycles. The van der Waals surface area contributed by atoms with Gasteiger partial charge in [0.2, 0.25) is 0 Å². The third-order valence-electron chi connectivity index (χ3n) is 2.17. The number of ether oxygens (including phenoxy) is 1. The van der Waals surface area contributed by atoms with Gasteiger partial charge in [-0.2, -0.15) is 0 Å². The Balaban J connectivity index is 3.62. The lowest BCUT2D eigenvalue weighted by Crippen LogP contribution is -2.38. The molecule has 0 amide bonds. The van der Waals surface area contributed by atoms with E-state index in [1.54, 1.807) is 7.11 Å². The number of nitrogens with one attached hydrogen (secondary N) is 1. The number of carboxylic acid groups (broad SMARTS) is 1. The van der Waals surface area contributed by atoms with Crippen LogP contribution in [0.5, 0.6) is 0 Å². The van der Waals surface area contributed by atoms with Gasteiger partial charge in [0.25, 0.3) is 0 Å². The summed E-state index contributed by atoms with van der Waals surface area (Å²) in [5.41, 5.74) is 0. The maximum atomic E-state index is 10.9. The second-order valence-electron chi connectivity index (χ2n) is 4.17. The number of carbonyl (C=O) groups is 1. The van der Waals surface area contributed by atoms with Crippen molar-refractivity contribution in [3.05, 3.63) is 0 Å². The van der Waals surface area contributed by atoms with Gasteiger partial charge in [-0.3, -0.25) is 4.79 Å². The molecule has 0 aromatic carbocycles. The minimum Gasteiger partial charge on any atom is -0.480 e. The Bertz CT molecular complexity index is 171. The molecule has 0 spiro atoms. The molecule has 0 radical (unpaired) electrons. The zero-order valence-corrected chi connectivity index (χ0v) is 9.95. The number of methoxy groups -OCH3 is 1. The van der Waals surface area contributed by atoms with Crippen LogP contribution in [0, 0.1) is 5.92 Å². The molecule has 2 N–H and O–H groups in total. The highest BCUT2D eigenvalue weighted by Crippen LogP contribution is 2.05. The van der Waals surface area contributed by atoms with E-state index < -0.39 is 12.0 Å². The van der Waals surface area contributed by atoms with Crippen LogP contribution < -0.4 is 5.32 Å². The fourth-order valence-corrected chi connectivity index (χ4v) is 1.39. The predicted octanol–water partition coefficient (Wildman–Crippen LogP) is 1.50. The molecule has 0 aromatic heterocycles. The SMILES string of the molecule is COCCCCNC(CC(C)C)C(=O)O. The van der Waals surface area contributed by atoms with Crippen LogP contribution in [-0.2, 0) is 9.53 Å². The number of unbranched alkanes of at least 4 members (excludes halogenated alkanes) is 1. The van der Waals surface area contributed by atoms with Crippen LogP contribution in [0.3, 0.4) is 0 Å². The zero-order valence-electron chi connectivity index (χ0n) is 9.95. The summed E-state index contributed by atoms with van der Waals surface area (Å²) >= 11 is 0. The van der Waals surface area contributed by atoms with Crippen LogP contribution in [0.4, 0.5) is 0 Å². The number of hydrogen-bond acceptors (Lipinski definition) is 3. The lowest BCUT2D eigenvalue weighted by Gasteiger charge is -2.16. The van der Waals surface area contributed by atoms with E-state index in [0.717, 1.165) is 26.0 Å². The zero-order chi connectivity index (χ0) is 11.7. The number of hydrogen-bond donors (Lipinski definition) is 2. The van der Waals surface area contributed by atoms with Crippen LogP contribution in [0.15, 0.2) is 0 Å². The van der Waals surface area contributed by atoms with Gasteiger partial charge in [0.15, 0.2) is 0 Å². The Hall–Kier alpha value is -0.610. The third-order valence-corrected chi connectivity index (χ3v) is 2.17. The summed E-state index contributed by atoms with van der Waals surface area (Å²) < 4.78 is 4.92. The van der Waals surface area contributed by atoms with Crippen LogP contribution in [0.2, 0.25) is 0 Å². The first kappa shape index (κ1) is 14.4. The van der Waals surface area contributed by atoms with Crippen molar-refractivity contribution < 1.29 is 14.6 Å². The molecule has 4 heteroatoms. The Kier molecular flexibility index (Phi) is 8.33. The van der Waals surface area contributed by atoms with Crippen molar-refractivity contribution >= 4 is 5.97 Å². The smallest absolute Gasteiger partial charge is 0.320 e. The fourth-order valence-electron chi connectivity index (χ4n) is 1.39. The van der Waals surface area contributed by atoms with Gasteiger partial charge in [0, 0.05) is 13.7 Å². The van der Waals surface area contributed by atoms with E-state index in [0.29, 0.717) is 12.3 Å². The molecule has 4 nitrogen and oxygen atoms in total. The molecule has 0 aromatic rings. The van der Waals surface area contributed by atoms with Gasteiger partial charge in [0.1, 0.15) is 6.04 Å². The van der Waals surface area contributed by atoms with Gasteiger partial charge in [-0.15, -0.1) is 0 Å². The minimum atomic E-state index is -0.754. The van der Waals surface area contributed by atoms with Crippen molar-refractivity contribution in [3.63, 3.8) is 0 Å². The summed E-state index contributed by atoms with van der Waals surface area (Å²) in [5, 5.41) is 12.0. The van der Waals surface area contributed by atoms with Crippen molar-refractivity contribution in [1.82, 2.24) is 5.32 Å². The third kappa shape index (κ3) is 8.39. The molecule has 15 heavy (non-hydrogen) atoms. The molecular formula is C11H23NO3. The molecule has 1 atom stereocenters. The average molecular weight is 217 g/mol. The van der Waals surface area contributed by atoms with E-state index in [9.17, 15) is 4.79 Å². The van der Waals surface area contributed by atoms with Crippen LogP contribution in [0.1, 0.15) is 33.1 Å². The summed E-state index contributed by atoms with van der Waals surface area (Å²) in [6, 6.07) is -0.410. The van der Waals surface area contributed by atoms with Crippen LogP contribution in [-0.4, -0.2) is 37.4 Å². The van der Waals surface area contributed by atoms with E-state index in [-0.39, 0.29) is 0 Å². The lowest BCUT2D eigenvalue weighted by molar-refractivity contribution is -0.139. The molecule has 90 valence electrons. The normalized spacial score (nSPS) is 13.1. The molecular weight excluding hydrogens is 194 g/mol.